The Bertz CT molecular complexity index is 423. The maximum atomic E-state index is 11.8. The molecule has 0 aliphatic carbocycles. The van der Waals surface area contributed by atoms with Gasteiger partial charge in [-0.15, -0.1) is 0 Å². The zero-order chi connectivity index (χ0) is 15.5. The van der Waals surface area contributed by atoms with Crippen LogP contribution in [0.1, 0.15) is 40.0 Å². The number of aliphatic carboxylic acids is 1. The van der Waals surface area contributed by atoms with Gasteiger partial charge in [-0.2, -0.15) is 0 Å². The van der Waals surface area contributed by atoms with Gasteiger partial charge in [0, 0.05) is 25.8 Å². The van der Waals surface area contributed by atoms with Crippen LogP contribution in [0.25, 0.3) is 0 Å². The number of carbonyl (C=O) groups excluding carboxylic acids is 3. The van der Waals surface area contributed by atoms with Crippen molar-refractivity contribution in [1.29, 1.82) is 0 Å². The van der Waals surface area contributed by atoms with Crippen molar-refractivity contribution in [3.63, 3.8) is 0 Å². The third kappa shape index (κ3) is 4.04. The molecule has 7 heteroatoms. The number of imide groups is 1. The van der Waals surface area contributed by atoms with Gasteiger partial charge in [-0.25, -0.2) is 4.79 Å². The average Bonchev–Trinajstić information content (AvgIpc) is 2.61. The number of rotatable bonds is 5. The van der Waals surface area contributed by atoms with E-state index < -0.39 is 23.3 Å². The molecule has 0 aromatic heterocycles. The van der Waals surface area contributed by atoms with Crippen LogP contribution >= 0.6 is 0 Å². The number of carbonyl (C=O) groups is 4. The quantitative estimate of drug-likeness (QED) is 0.699. The number of hydrogen-bond acceptors (Lipinski definition) is 4. The van der Waals surface area contributed by atoms with Crippen molar-refractivity contribution in [1.82, 2.24) is 10.2 Å². The van der Waals surface area contributed by atoms with E-state index in [2.05, 4.69) is 5.32 Å². The van der Waals surface area contributed by atoms with Crippen molar-refractivity contribution >= 4 is 23.7 Å². The summed E-state index contributed by atoms with van der Waals surface area (Å²) >= 11 is 0. The highest BCUT2D eigenvalue weighted by atomic mass is 16.4. The summed E-state index contributed by atoms with van der Waals surface area (Å²) in [5.74, 6) is -2.17. The fourth-order valence-electron chi connectivity index (χ4n) is 1.97. The van der Waals surface area contributed by atoms with Crippen LogP contribution in [0.3, 0.4) is 0 Å². The van der Waals surface area contributed by atoms with Crippen LogP contribution in [0.15, 0.2) is 0 Å². The van der Waals surface area contributed by atoms with Gasteiger partial charge in [0.15, 0.2) is 0 Å². The van der Waals surface area contributed by atoms with Gasteiger partial charge in [0.1, 0.15) is 6.04 Å². The van der Waals surface area contributed by atoms with E-state index in [1.54, 1.807) is 20.8 Å². The highest BCUT2D eigenvalue weighted by molar-refractivity contribution is 6.02. The molecule has 0 saturated carbocycles. The standard InChI is InChI=1S/C13H20N2O5/c1-13(2,3)11(12(19)20)14-8(16)6-7-15-9(17)4-5-10(15)18/h11H,4-7H2,1-3H3,(H,14,16)(H,19,20)/t11-/m1/s1. The number of hydrogen-bond donors (Lipinski definition) is 2. The molecule has 0 spiro atoms. The van der Waals surface area contributed by atoms with Crippen LogP contribution in [0, 0.1) is 5.41 Å². The van der Waals surface area contributed by atoms with Crippen LogP contribution in [-0.4, -0.2) is 46.3 Å². The second-order valence-electron chi connectivity index (χ2n) is 5.89. The number of nitrogens with one attached hydrogen (secondary N) is 1. The van der Waals surface area contributed by atoms with Crippen molar-refractivity contribution < 1.29 is 24.3 Å². The zero-order valence-electron chi connectivity index (χ0n) is 11.9. The minimum absolute atomic E-state index is 0.0000180. The Morgan fingerprint density at radius 3 is 2.15 bits per heavy atom. The van der Waals surface area contributed by atoms with E-state index in [9.17, 15) is 19.2 Å². The van der Waals surface area contributed by atoms with E-state index in [0.29, 0.717) is 0 Å². The van der Waals surface area contributed by atoms with E-state index >= 15 is 0 Å². The second kappa shape index (κ2) is 6.02. The normalized spacial score (nSPS) is 17.2. The van der Waals surface area contributed by atoms with Gasteiger partial charge < -0.3 is 10.4 Å². The Morgan fingerprint density at radius 1 is 1.25 bits per heavy atom. The van der Waals surface area contributed by atoms with Gasteiger partial charge in [0.25, 0.3) is 0 Å². The van der Waals surface area contributed by atoms with Crippen molar-refractivity contribution in [2.24, 2.45) is 5.41 Å². The monoisotopic (exact) mass is 284 g/mol. The molecule has 0 aromatic carbocycles. The predicted molar refractivity (Wildman–Crippen MR) is 69.6 cm³/mol. The molecule has 1 aliphatic rings. The van der Waals surface area contributed by atoms with Crippen LogP contribution in [0.5, 0.6) is 0 Å². The molecule has 7 nitrogen and oxygen atoms in total. The lowest BCUT2D eigenvalue weighted by atomic mass is 9.86. The molecule has 0 aromatic rings. The number of carboxylic acids is 1. The fourth-order valence-corrected chi connectivity index (χ4v) is 1.97. The number of amides is 3. The number of likely N-dealkylation sites (tertiary alicyclic amines) is 1. The van der Waals surface area contributed by atoms with Crippen molar-refractivity contribution in [2.75, 3.05) is 6.54 Å². The Balaban J connectivity index is 2.53. The molecule has 1 atom stereocenters. The van der Waals surface area contributed by atoms with E-state index in [1.165, 1.54) is 0 Å². The van der Waals surface area contributed by atoms with E-state index in [0.717, 1.165) is 4.90 Å². The lowest BCUT2D eigenvalue weighted by Crippen LogP contribution is -2.49. The van der Waals surface area contributed by atoms with Gasteiger partial charge >= 0.3 is 5.97 Å². The molecule has 0 radical (unpaired) electrons. The molecule has 1 rings (SSSR count). The lowest BCUT2D eigenvalue weighted by Gasteiger charge is -2.28. The number of nitrogens with zero attached hydrogens (tertiary/aromatic N) is 1. The molecule has 112 valence electrons. The average molecular weight is 284 g/mol. The summed E-state index contributed by atoms with van der Waals surface area (Å²) in [4.78, 5) is 46.6. The first kappa shape index (κ1) is 16.1. The molecule has 0 bridgehead atoms. The summed E-state index contributed by atoms with van der Waals surface area (Å²) in [6, 6.07) is -1.01. The second-order valence-corrected chi connectivity index (χ2v) is 5.89. The number of carboxylic acid groups (broad SMARTS) is 1. The van der Waals surface area contributed by atoms with Crippen LogP contribution in [-0.2, 0) is 19.2 Å². The summed E-state index contributed by atoms with van der Waals surface area (Å²) in [5, 5.41) is 11.5. The highest BCUT2D eigenvalue weighted by Crippen LogP contribution is 2.19. The lowest BCUT2D eigenvalue weighted by molar-refractivity contribution is -0.145. The van der Waals surface area contributed by atoms with Gasteiger partial charge in [0.2, 0.25) is 17.7 Å². The molecule has 1 saturated heterocycles. The Kier molecular flexibility index (Phi) is 4.86. The maximum Gasteiger partial charge on any atom is 0.326 e. The first-order valence-electron chi connectivity index (χ1n) is 6.48. The van der Waals surface area contributed by atoms with Gasteiger partial charge in [-0.1, -0.05) is 20.8 Å². The summed E-state index contributed by atoms with van der Waals surface area (Å²) in [5.41, 5.74) is -0.624. The van der Waals surface area contributed by atoms with E-state index in [-0.39, 0.29) is 37.6 Å². The Morgan fingerprint density at radius 2 is 1.75 bits per heavy atom. The van der Waals surface area contributed by atoms with Crippen molar-refractivity contribution in [3.05, 3.63) is 0 Å². The molecule has 2 N–H and O–H groups in total. The largest absolute Gasteiger partial charge is 0.480 e. The smallest absolute Gasteiger partial charge is 0.326 e. The first-order chi connectivity index (χ1) is 9.12. The third-order valence-corrected chi connectivity index (χ3v) is 3.14. The molecular weight excluding hydrogens is 264 g/mol. The van der Waals surface area contributed by atoms with Crippen molar-refractivity contribution in [2.45, 2.75) is 46.1 Å². The van der Waals surface area contributed by atoms with Crippen LogP contribution in [0.2, 0.25) is 0 Å². The molecule has 1 heterocycles. The molecule has 0 unspecified atom stereocenters. The topological polar surface area (TPSA) is 104 Å². The summed E-state index contributed by atoms with van der Waals surface area (Å²) in [6.07, 6.45) is 0.276. The van der Waals surface area contributed by atoms with Gasteiger partial charge in [0.05, 0.1) is 0 Å². The Labute approximate surface area is 117 Å². The van der Waals surface area contributed by atoms with Crippen LogP contribution in [0.4, 0.5) is 0 Å². The van der Waals surface area contributed by atoms with E-state index in [1.807, 2.05) is 0 Å². The summed E-state index contributed by atoms with van der Waals surface area (Å²) in [6.45, 7) is 5.12. The zero-order valence-corrected chi connectivity index (χ0v) is 11.9. The minimum Gasteiger partial charge on any atom is -0.480 e. The maximum absolute atomic E-state index is 11.8. The van der Waals surface area contributed by atoms with Gasteiger partial charge in [-0.05, 0) is 5.41 Å². The van der Waals surface area contributed by atoms with Crippen LogP contribution < -0.4 is 5.32 Å². The first-order valence-corrected chi connectivity index (χ1v) is 6.48. The SMILES string of the molecule is CC(C)(C)[C@H](NC(=O)CCN1C(=O)CCC1=O)C(=O)O. The molecule has 20 heavy (non-hydrogen) atoms. The molecule has 1 fully saturated rings. The Hall–Kier alpha value is -1.92. The fraction of sp³-hybridized carbons (Fsp3) is 0.692. The van der Waals surface area contributed by atoms with Gasteiger partial charge in [-0.3, -0.25) is 19.3 Å². The highest BCUT2D eigenvalue weighted by Gasteiger charge is 2.33. The van der Waals surface area contributed by atoms with Crippen molar-refractivity contribution in [3.8, 4) is 0 Å². The predicted octanol–water partition coefficient (Wildman–Crippen LogP) is 0.141. The third-order valence-electron chi connectivity index (χ3n) is 3.14. The molecule has 1 aliphatic heterocycles. The van der Waals surface area contributed by atoms with E-state index in [4.69, 9.17) is 5.11 Å². The summed E-state index contributed by atoms with van der Waals surface area (Å²) in [7, 11) is 0. The summed E-state index contributed by atoms with van der Waals surface area (Å²) < 4.78 is 0. The molecular formula is C13H20N2O5. The molecule has 3 amide bonds. The minimum atomic E-state index is -1.11.